The molecular weight excluding hydrogens is 394 g/mol. The summed E-state index contributed by atoms with van der Waals surface area (Å²) in [4.78, 5) is 27.1. The predicted molar refractivity (Wildman–Crippen MR) is 110 cm³/mol. The van der Waals surface area contributed by atoms with Crippen LogP contribution in [0.2, 0.25) is 5.02 Å². The summed E-state index contributed by atoms with van der Waals surface area (Å²) in [6.07, 6.45) is 2.89. The number of rotatable bonds is 4. The number of hydrogen-bond donors (Lipinski definition) is 1. The van der Waals surface area contributed by atoms with Gasteiger partial charge >= 0.3 is 0 Å². The van der Waals surface area contributed by atoms with E-state index >= 15 is 0 Å². The van der Waals surface area contributed by atoms with Crippen molar-refractivity contribution in [1.82, 2.24) is 14.9 Å². The lowest BCUT2D eigenvalue weighted by Crippen LogP contribution is -2.39. The Morgan fingerprint density at radius 3 is 2.62 bits per heavy atom. The second kappa shape index (κ2) is 8.08. The van der Waals surface area contributed by atoms with Gasteiger partial charge in [0.25, 0.3) is 5.56 Å². The summed E-state index contributed by atoms with van der Waals surface area (Å²) in [6, 6.07) is 10.8. The van der Waals surface area contributed by atoms with Gasteiger partial charge in [-0.25, -0.2) is 0 Å². The minimum atomic E-state index is -0.364. The Hall–Kier alpha value is -3.13. The molecule has 0 bridgehead atoms. The number of hydrogen-bond acceptors (Lipinski definition) is 6. The van der Waals surface area contributed by atoms with Gasteiger partial charge in [-0.3, -0.25) is 9.59 Å². The van der Waals surface area contributed by atoms with Crippen LogP contribution >= 0.6 is 11.6 Å². The molecule has 0 saturated carbocycles. The third-order valence-corrected chi connectivity index (χ3v) is 5.34. The van der Waals surface area contributed by atoms with E-state index in [1.165, 1.54) is 4.68 Å². The molecule has 0 radical (unpaired) electrons. The van der Waals surface area contributed by atoms with Gasteiger partial charge in [-0.2, -0.15) is 9.78 Å². The van der Waals surface area contributed by atoms with Crippen molar-refractivity contribution in [2.24, 2.45) is 5.92 Å². The summed E-state index contributed by atoms with van der Waals surface area (Å²) >= 11 is 6.38. The second-order valence-electron chi connectivity index (χ2n) is 6.97. The molecular formula is C20H20ClN5O3. The summed E-state index contributed by atoms with van der Waals surface area (Å²) in [7, 11) is 0. The molecule has 0 atom stereocenters. The number of benzene rings is 1. The molecule has 0 aliphatic carbocycles. The monoisotopic (exact) mass is 413 g/mol. The van der Waals surface area contributed by atoms with Crippen LogP contribution in [0.15, 0.2) is 51.9 Å². The van der Waals surface area contributed by atoms with Gasteiger partial charge in [-0.15, -0.1) is 0 Å². The zero-order chi connectivity index (χ0) is 20.4. The van der Waals surface area contributed by atoms with Gasteiger partial charge in [0.05, 0.1) is 17.6 Å². The van der Waals surface area contributed by atoms with E-state index < -0.39 is 0 Å². The zero-order valence-electron chi connectivity index (χ0n) is 15.8. The fraction of sp³-hybridized carbons (Fsp3) is 0.300. The van der Waals surface area contributed by atoms with E-state index in [-0.39, 0.29) is 22.4 Å². The van der Waals surface area contributed by atoms with Crippen molar-refractivity contribution in [3.63, 3.8) is 0 Å². The number of anilines is 2. The third kappa shape index (κ3) is 4.02. The number of aryl methyl sites for hydroxylation is 1. The quantitative estimate of drug-likeness (QED) is 0.706. The van der Waals surface area contributed by atoms with Crippen molar-refractivity contribution < 1.29 is 9.32 Å². The normalized spacial score (nSPS) is 14.8. The van der Waals surface area contributed by atoms with Gasteiger partial charge in [0, 0.05) is 25.1 Å². The van der Waals surface area contributed by atoms with Crippen LogP contribution in [0.4, 0.5) is 11.5 Å². The van der Waals surface area contributed by atoms with E-state index in [0.717, 1.165) is 0 Å². The summed E-state index contributed by atoms with van der Waals surface area (Å²) < 4.78 is 6.25. The van der Waals surface area contributed by atoms with Crippen LogP contribution in [-0.4, -0.2) is 33.9 Å². The lowest BCUT2D eigenvalue weighted by Gasteiger charge is -2.33. The van der Waals surface area contributed by atoms with Crippen molar-refractivity contribution in [1.29, 1.82) is 0 Å². The Balaban J connectivity index is 1.44. The molecule has 9 heteroatoms. The first-order valence-corrected chi connectivity index (χ1v) is 9.73. The van der Waals surface area contributed by atoms with Crippen molar-refractivity contribution in [2.45, 2.75) is 19.8 Å². The molecule has 0 spiro atoms. The Labute approximate surface area is 172 Å². The van der Waals surface area contributed by atoms with Crippen molar-refractivity contribution in [3.05, 3.63) is 63.7 Å². The fourth-order valence-corrected chi connectivity index (χ4v) is 3.68. The highest BCUT2D eigenvalue weighted by atomic mass is 35.5. The van der Waals surface area contributed by atoms with Crippen molar-refractivity contribution in [3.8, 4) is 5.69 Å². The molecule has 2 aromatic heterocycles. The first-order valence-electron chi connectivity index (χ1n) is 9.35. The Kier molecular flexibility index (Phi) is 5.35. The first kappa shape index (κ1) is 19.2. The smallest absolute Gasteiger partial charge is 0.292 e. The van der Waals surface area contributed by atoms with Crippen LogP contribution in [0.5, 0.6) is 0 Å². The number of halogens is 1. The van der Waals surface area contributed by atoms with Gasteiger partial charge in [-0.05, 0) is 31.9 Å². The largest absolute Gasteiger partial charge is 0.369 e. The highest BCUT2D eigenvalue weighted by molar-refractivity contribution is 6.33. The minimum absolute atomic E-state index is 0.0818. The molecule has 3 heterocycles. The minimum Gasteiger partial charge on any atom is -0.369 e. The molecule has 1 N–H and O–H groups in total. The van der Waals surface area contributed by atoms with E-state index in [2.05, 4.69) is 15.6 Å². The number of aromatic nitrogens is 3. The summed E-state index contributed by atoms with van der Waals surface area (Å²) in [6.45, 7) is 2.97. The highest BCUT2D eigenvalue weighted by Crippen LogP contribution is 2.27. The van der Waals surface area contributed by atoms with Gasteiger partial charge in [-0.1, -0.05) is 35.0 Å². The van der Waals surface area contributed by atoms with Crippen LogP contribution in [0.3, 0.4) is 0 Å². The summed E-state index contributed by atoms with van der Waals surface area (Å²) in [5.41, 5.74) is 0.885. The molecule has 1 aromatic carbocycles. The van der Waals surface area contributed by atoms with Crippen LogP contribution in [0.1, 0.15) is 18.6 Å². The van der Waals surface area contributed by atoms with E-state index in [4.69, 9.17) is 16.1 Å². The molecule has 1 aliphatic rings. The molecule has 1 amide bonds. The summed E-state index contributed by atoms with van der Waals surface area (Å²) in [5, 5.41) is 11.0. The molecule has 1 fully saturated rings. The van der Waals surface area contributed by atoms with Gasteiger partial charge < -0.3 is 14.7 Å². The maximum absolute atomic E-state index is 12.7. The molecule has 0 unspecified atom stereocenters. The maximum atomic E-state index is 12.7. The Bertz CT molecular complexity index is 1070. The van der Waals surface area contributed by atoms with Gasteiger partial charge in [0.2, 0.25) is 5.91 Å². The van der Waals surface area contributed by atoms with Gasteiger partial charge in [0.15, 0.2) is 5.82 Å². The summed E-state index contributed by atoms with van der Waals surface area (Å²) in [5.74, 6) is 0.843. The molecule has 3 aromatic rings. The van der Waals surface area contributed by atoms with Crippen LogP contribution in [0.25, 0.3) is 5.69 Å². The number of carbonyl (C=O) groups excluding carboxylic acids is 1. The third-order valence-electron chi connectivity index (χ3n) is 4.99. The highest BCUT2D eigenvalue weighted by Gasteiger charge is 2.27. The number of nitrogens with zero attached hydrogens (tertiary/aromatic N) is 4. The number of amides is 1. The standard InChI is InChI=1S/C20H20ClN5O3/c1-13-11-17(24-29-13)23-19(27)14-7-9-25(10-8-14)16-12-22-26(20(28)18(16)21)15-5-3-2-4-6-15/h2-6,11-12,14H,7-10H2,1H3,(H,23,24,27). The van der Waals surface area contributed by atoms with Gasteiger partial charge in [0.1, 0.15) is 10.8 Å². The molecule has 8 nitrogen and oxygen atoms in total. The second-order valence-corrected chi connectivity index (χ2v) is 7.35. The number of carbonyl (C=O) groups is 1. The van der Waals surface area contributed by atoms with Crippen LogP contribution in [-0.2, 0) is 4.79 Å². The van der Waals surface area contributed by atoms with E-state index in [0.29, 0.717) is 48.9 Å². The topological polar surface area (TPSA) is 93.3 Å². The fourth-order valence-electron chi connectivity index (χ4n) is 3.43. The average molecular weight is 414 g/mol. The lowest BCUT2D eigenvalue weighted by molar-refractivity contribution is -0.120. The zero-order valence-corrected chi connectivity index (χ0v) is 16.6. The molecule has 29 heavy (non-hydrogen) atoms. The Morgan fingerprint density at radius 2 is 1.97 bits per heavy atom. The lowest BCUT2D eigenvalue weighted by atomic mass is 9.95. The number of piperidine rings is 1. The van der Waals surface area contributed by atoms with Crippen molar-refractivity contribution in [2.75, 3.05) is 23.3 Å². The molecule has 4 rings (SSSR count). The van der Waals surface area contributed by atoms with Crippen LogP contribution in [0, 0.1) is 12.8 Å². The number of para-hydroxylation sites is 1. The van der Waals surface area contributed by atoms with E-state index in [9.17, 15) is 9.59 Å². The SMILES string of the molecule is Cc1cc(NC(=O)C2CCN(c3cnn(-c4ccccc4)c(=O)c3Cl)CC2)no1. The van der Waals surface area contributed by atoms with E-state index in [1.54, 1.807) is 31.3 Å². The molecule has 1 saturated heterocycles. The Morgan fingerprint density at radius 1 is 1.24 bits per heavy atom. The van der Waals surface area contributed by atoms with Crippen molar-refractivity contribution >= 4 is 29.0 Å². The van der Waals surface area contributed by atoms with E-state index in [1.807, 2.05) is 23.1 Å². The van der Waals surface area contributed by atoms with Crippen LogP contribution < -0.4 is 15.8 Å². The molecule has 1 aliphatic heterocycles. The molecule has 150 valence electrons. The maximum Gasteiger partial charge on any atom is 0.292 e. The average Bonchev–Trinajstić information content (AvgIpc) is 3.15. The predicted octanol–water partition coefficient (Wildman–Crippen LogP) is 3.04. The first-order chi connectivity index (χ1) is 14.0. The number of nitrogens with one attached hydrogen (secondary N) is 1.